The summed E-state index contributed by atoms with van der Waals surface area (Å²) >= 11 is 0. The molecule has 294 valence electrons. The summed E-state index contributed by atoms with van der Waals surface area (Å²) in [5, 5.41) is 21.0. The molecular formula is C38H77ClNO8P. The maximum Gasteiger partial charge on any atom is 0.474 e. The van der Waals surface area contributed by atoms with Crippen LogP contribution in [-0.2, 0) is 23.2 Å². The molecule has 0 saturated heterocycles. The van der Waals surface area contributed by atoms with E-state index in [0.717, 1.165) is 51.4 Å². The zero-order valence-corrected chi connectivity index (χ0v) is 34.1. The molecule has 0 aromatic heterocycles. The van der Waals surface area contributed by atoms with Gasteiger partial charge in [0.2, 0.25) is 5.60 Å². The number of phosphoric ester groups is 1. The number of hydrogen-bond acceptors (Lipinski definition) is 7. The average Bonchev–Trinajstić information content (AvgIpc) is 3.03. The number of unbranched alkanes of at least 4 members (excludes halogenated alkanes) is 20. The van der Waals surface area contributed by atoms with Crippen LogP contribution >= 0.6 is 7.82 Å². The second-order valence-electron chi connectivity index (χ2n) is 15.0. The Kier molecular flexibility index (Phi) is 31.2. The van der Waals surface area contributed by atoms with Crippen LogP contribution in [0.25, 0.3) is 0 Å². The lowest BCUT2D eigenvalue weighted by molar-refractivity contribution is -0.873. The van der Waals surface area contributed by atoms with Gasteiger partial charge in [-0.05, 0) is 19.3 Å². The molecule has 9 nitrogen and oxygen atoms in total. The van der Waals surface area contributed by atoms with E-state index in [2.05, 4.69) is 13.8 Å². The van der Waals surface area contributed by atoms with Gasteiger partial charge in [-0.2, -0.15) is 0 Å². The van der Waals surface area contributed by atoms with E-state index in [4.69, 9.17) is 9.05 Å². The van der Waals surface area contributed by atoms with Crippen molar-refractivity contribution in [2.75, 3.05) is 34.3 Å². The second kappa shape index (κ2) is 30.1. The first-order valence-electron chi connectivity index (χ1n) is 19.7. The number of hydrogen-bond donors (Lipinski definition) is 3. The number of carbonyl (C=O) groups is 2. The molecule has 0 saturated carbocycles. The standard InChI is InChI=1S/C38H76NO8P.ClH/c1-7-10-12-14-16-18-20-22-24-26-28-30-35(41)38(37(43)33-40,47-48(44,45)46-34(9-3)32-39(4,5)6)36(42)31-29-27-25-23-21-19-17-15-13-11-8-2;/h34,37,40,43H,7-33H2,1-6H3;1H/t34?,37-;/m0./s1. The van der Waals surface area contributed by atoms with E-state index in [0.29, 0.717) is 30.3 Å². The number of Topliss-reactive ketones (excluding diaryl/α,β-unsaturated/α-hetero) is 2. The summed E-state index contributed by atoms with van der Waals surface area (Å²) in [6.45, 7) is 5.66. The van der Waals surface area contributed by atoms with Gasteiger partial charge in [0.25, 0.3) is 0 Å². The number of aliphatic hydroxyl groups excluding tert-OH is 2. The fourth-order valence-electron chi connectivity index (χ4n) is 6.33. The lowest BCUT2D eigenvalue weighted by Crippen LogP contribution is -3.00. The summed E-state index contributed by atoms with van der Waals surface area (Å²) in [4.78, 5) is 38.6. The SMILES string of the molecule is CCCCCCCCCCCCCC(=O)C(OP(=O)(O)OC(CC)C[N+](C)(C)C)(C(=O)CCCCCCCCCCCCC)[C@@H](O)CO.[Cl-]. The van der Waals surface area contributed by atoms with Crippen molar-refractivity contribution in [3.8, 4) is 0 Å². The summed E-state index contributed by atoms with van der Waals surface area (Å²) < 4.78 is 24.9. The van der Waals surface area contributed by atoms with Gasteiger partial charge in [0.05, 0.1) is 27.7 Å². The largest absolute Gasteiger partial charge is 1.00 e. The highest BCUT2D eigenvalue weighted by Crippen LogP contribution is 2.51. The van der Waals surface area contributed by atoms with E-state index >= 15 is 0 Å². The minimum absolute atomic E-state index is 0. The molecule has 2 unspecified atom stereocenters. The molecule has 49 heavy (non-hydrogen) atoms. The van der Waals surface area contributed by atoms with E-state index in [1.54, 1.807) is 0 Å². The van der Waals surface area contributed by atoms with E-state index in [1.165, 1.54) is 77.0 Å². The third-order valence-corrected chi connectivity index (χ3v) is 10.3. The molecular weight excluding hydrogens is 665 g/mol. The molecule has 0 amide bonds. The zero-order chi connectivity index (χ0) is 36.3. The summed E-state index contributed by atoms with van der Waals surface area (Å²) in [5.41, 5.74) is -2.66. The van der Waals surface area contributed by atoms with Crippen LogP contribution < -0.4 is 12.4 Å². The van der Waals surface area contributed by atoms with Crippen LogP contribution in [-0.4, -0.2) is 83.3 Å². The average molecular weight is 742 g/mol. The van der Waals surface area contributed by atoms with Gasteiger partial charge in [0, 0.05) is 12.8 Å². The van der Waals surface area contributed by atoms with Gasteiger partial charge >= 0.3 is 7.82 Å². The molecule has 0 aliphatic carbocycles. The number of phosphoric acid groups is 1. The Morgan fingerprint density at radius 1 is 0.653 bits per heavy atom. The number of quaternary nitrogens is 1. The van der Waals surface area contributed by atoms with Crippen LogP contribution in [0.4, 0.5) is 0 Å². The van der Waals surface area contributed by atoms with E-state index in [1.807, 2.05) is 28.1 Å². The molecule has 0 spiro atoms. The normalized spacial score (nSPS) is 14.6. The lowest BCUT2D eigenvalue weighted by Gasteiger charge is -2.36. The van der Waals surface area contributed by atoms with Crippen LogP contribution in [0.3, 0.4) is 0 Å². The molecule has 3 atom stereocenters. The molecule has 0 aromatic carbocycles. The van der Waals surface area contributed by atoms with Crippen molar-refractivity contribution in [3.05, 3.63) is 0 Å². The number of aliphatic hydroxyl groups is 2. The van der Waals surface area contributed by atoms with Crippen LogP contribution in [0.15, 0.2) is 0 Å². The fraction of sp³-hybridized carbons (Fsp3) is 0.947. The van der Waals surface area contributed by atoms with Crippen molar-refractivity contribution in [1.82, 2.24) is 0 Å². The van der Waals surface area contributed by atoms with Crippen LogP contribution in [0, 0.1) is 0 Å². The fourth-order valence-corrected chi connectivity index (χ4v) is 7.65. The topological polar surface area (TPSA) is 130 Å². The molecule has 0 aliphatic heterocycles. The lowest BCUT2D eigenvalue weighted by atomic mass is 9.82. The Labute approximate surface area is 307 Å². The number of ketones is 2. The number of nitrogens with zero attached hydrogens (tertiary/aromatic N) is 1. The smallest absolute Gasteiger partial charge is 0.474 e. The van der Waals surface area contributed by atoms with Gasteiger partial charge < -0.3 is 32.0 Å². The third kappa shape index (κ3) is 24.5. The third-order valence-electron chi connectivity index (χ3n) is 9.23. The van der Waals surface area contributed by atoms with Crippen molar-refractivity contribution < 1.29 is 55.2 Å². The molecule has 3 N–H and O–H groups in total. The Hall–Kier alpha value is -0.380. The minimum Gasteiger partial charge on any atom is -1.00 e. The van der Waals surface area contributed by atoms with Crippen molar-refractivity contribution >= 4 is 19.4 Å². The van der Waals surface area contributed by atoms with Gasteiger partial charge in [-0.15, -0.1) is 0 Å². The second-order valence-corrected chi connectivity index (χ2v) is 16.4. The summed E-state index contributed by atoms with van der Waals surface area (Å²) in [6.07, 6.45) is 21.3. The number of halogens is 1. The van der Waals surface area contributed by atoms with Gasteiger partial charge in [0.15, 0.2) is 11.6 Å². The molecule has 0 bridgehead atoms. The summed E-state index contributed by atoms with van der Waals surface area (Å²) in [7, 11) is 0.753. The van der Waals surface area contributed by atoms with Crippen molar-refractivity contribution in [1.29, 1.82) is 0 Å². The summed E-state index contributed by atoms with van der Waals surface area (Å²) in [6, 6.07) is 0. The highest BCUT2D eigenvalue weighted by molar-refractivity contribution is 7.47. The Balaban J connectivity index is 0. The quantitative estimate of drug-likeness (QED) is 0.0301. The van der Waals surface area contributed by atoms with Gasteiger partial charge in [-0.3, -0.25) is 18.6 Å². The van der Waals surface area contributed by atoms with Crippen molar-refractivity contribution in [2.24, 2.45) is 0 Å². The van der Waals surface area contributed by atoms with Gasteiger partial charge in [0.1, 0.15) is 18.8 Å². The van der Waals surface area contributed by atoms with Crippen LogP contribution in [0.2, 0.25) is 0 Å². The maximum absolute atomic E-state index is 13.8. The Bertz CT molecular complexity index is 831. The molecule has 0 aliphatic rings. The highest BCUT2D eigenvalue weighted by Gasteiger charge is 2.56. The number of carbonyl (C=O) groups excluding carboxylic acids is 2. The van der Waals surface area contributed by atoms with E-state index in [9.17, 15) is 29.3 Å². The molecule has 0 rings (SSSR count). The first kappa shape index (κ1) is 50.7. The van der Waals surface area contributed by atoms with Gasteiger partial charge in [-0.25, -0.2) is 4.57 Å². The Morgan fingerprint density at radius 3 is 1.27 bits per heavy atom. The van der Waals surface area contributed by atoms with Gasteiger partial charge in [-0.1, -0.05) is 149 Å². The molecule has 0 fully saturated rings. The Morgan fingerprint density at radius 2 is 0.980 bits per heavy atom. The van der Waals surface area contributed by atoms with E-state index in [-0.39, 0.29) is 25.2 Å². The molecule has 0 aromatic rings. The number of likely N-dealkylation sites (N-methyl/N-ethyl adjacent to an activating group) is 1. The first-order valence-corrected chi connectivity index (χ1v) is 21.2. The van der Waals surface area contributed by atoms with E-state index < -0.39 is 43.8 Å². The first-order chi connectivity index (χ1) is 22.8. The summed E-state index contributed by atoms with van der Waals surface area (Å²) in [5.74, 6) is -1.55. The maximum atomic E-state index is 13.8. The monoisotopic (exact) mass is 742 g/mol. The predicted octanol–water partition coefficient (Wildman–Crippen LogP) is 6.24. The zero-order valence-electron chi connectivity index (χ0n) is 32.4. The molecule has 0 heterocycles. The van der Waals surface area contributed by atoms with Crippen molar-refractivity contribution in [2.45, 2.75) is 199 Å². The van der Waals surface area contributed by atoms with Crippen LogP contribution in [0.5, 0.6) is 0 Å². The minimum atomic E-state index is -5.01. The van der Waals surface area contributed by atoms with Crippen LogP contribution in [0.1, 0.15) is 181 Å². The molecule has 11 heteroatoms. The number of rotatable bonds is 35. The highest BCUT2D eigenvalue weighted by atomic mass is 35.5. The molecule has 0 radical (unpaired) electrons. The van der Waals surface area contributed by atoms with Crippen molar-refractivity contribution in [3.63, 3.8) is 0 Å². The predicted molar refractivity (Wildman–Crippen MR) is 197 cm³/mol.